The van der Waals surface area contributed by atoms with Gasteiger partial charge in [-0.15, -0.1) is 13.2 Å². The van der Waals surface area contributed by atoms with Crippen LogP contribution < -0.4 is 4.74 Å². The van der Waals surface area contributed by atoms with Crippen molar-refractivity contribution in [1.29, 1.82) is 0 Å². The Morgan fingerprint density at radius 1 is 1.44 bits per heavy atom. The number of aryl methyl sites for hydroxylation is 1. The fourth-order valence-corrected chi connectivity index (χ4v) is 1.17. The third-order valence-corrected chi connectivity index (χ3v) is 1.91. The molecule has 0 aromatic heterocycles. The van der Waals surface area contributed by atoms with Crippen molar-refractivity contribution in [3.05, 3.63) is 29.3 Å². The Bertz CT molecular complexity index is 399. The lowest BCUT2D eigenvalue weighted by molar-refractivity contribution is -0.274. The van der Waals surface area contributed by atoms with E-state index in [4.69, 9.17) is 5.11 Å². The highest BCUT2D eigenvalue weighted by Gasteiger charge is 2.33. The molecule has 0 aliphatic rings. The molecule has 0 amide bonds. The van der Waals surface area contributed by atoms with E-state index in [-0.39, 0.29) is 0 Å². The van der Waals surface area contributed by atoms with E-state index in [1.165, 1.54) is 6.07 Å². The van der Waals surface area contributed by atoms with Gasteiger partial charge < -0.3 is 9.84 Å². The van der Waals surface area contributed by atoms with Crippen molar-refractivity contribution in [3.63, 3.8) is 0 Å². The predicted molar refractivity (Wildman–Crippen MR) is 49.5 cm³/mol. The summed E-state index contributed by atoms with van der Waals surface area (Å²) < 4.78 is 39.7. The molecule has 0 unspecified atom stereocenters. The van der Waals surface area contributed by atoms with Crippen LogP contribution in [0.4, 0.5) is 13.2 Å². The lowest BCUT2D eigenvalue weighted by atomic mass is 10.1. The fraction of sp³-hybridized carbons (Fsp3) is 0.300. The second kappa shape index (κ2) is 4.42. The number of hydrogen-bond donors (Lipinski definition) is 1. The minimum atomic E-state index is -4.89. The largest absolute Gasteiger partial charge is 0.573 e. The average molecular weight is 234 g/mol. The molecule has 0 radical (unpaired) electrons. The molecule has 16 heavy (non-hydrogen) atoms. The monoisotopic (exact) mass is 234 g/mol. The number of carbonyl (C=O) groups is 1. The van der Waals surface area contributed by atoms with Gasteiger partial charge in [0.1, 0.15) is 11.3 Å². The summed E-state index contributed by atoms with van der Waals surface area (Å²) in [7, 11) is 0. The van der Waals surface area contributed by atoms with Gasteiger partial charge in [-0.25, -0.2) is 4.79 Å². The molecule has 88 valence electrons. The molecule has 0 atom stereocenters. The van der Waals surface area contributed by atoms with Crippen LogP contribution in [0.25, 0.3) is 0 Å². The maximum atomic E-state index is 12.0. The Hall–Kier alpha value is -1.72. The summed E-state index contributed by atoms with van der Waals surface area (Å²) >= 11 is 0. The highest BCUT2D eigenvalue weighted by Crippen LogP contribution is 2.27. The summed E-state index contributed by atoms with van der Waals surface area (Å²) in [6, 6.07) is 3.63. The van der Waals surface area contributed by atoms with Crippen LogP contribution >= 0.6 is 0 Å². The van der Waals surface area contributed by atoms with E-state index in [1.54, 1.807) is 6.92 Å². The van der Waals surface area contributed by atoms with Gasteiger partial charge in [0.15, 0.2) is 0 Å². The maximum absolute atomic E-state index is 12.0. The van der Waals surface area contributed by atoms with E-state index in [0.29, 0.717) is 12.0 Å². The molecule has 0 saturated carbocycles. The average Bonchev–Trinajstić information content (AvgIpc) is 2.14. The Kier molecular flexibility index (Phi) is 3.41. The standard InChI is InChI=1S/C10H9F3O3/c1-2-6-3-4-7(9(14)15)8(5-6)16-10(11,12)13/h3-5H,2H2,1H3,(H,14,15). The topological polar surface area (TPSA) is 46.5 Å². The SMILES string of the molecule is CCc1ccc(C(=O)O)c(OC(F)(F)F)c1. The van der Waals surface area contributed by atoms with Crippen LogP contribution in [0.2, 0.25) is 0 Å². The lowest BCUT2D eigenvalue weighted by Gasteiger charge is -2.12. The number of benzene rings is 1. The second-order valence-corrected chi connectivity index (χ2v) is 3.04. The van der Waals surface area contributed by atoms with Crippen LogP contribution in [0.1, 0.15) is 22.8 Å². The minimum absolute atomic E-state index is 0.494. The first-order valence-corrected chi connectivity index (χ1v) is 4.45. The Morgan fingerprint density at radius 3 is 2.50 bits per heavy atom. The third-order valence-electron chi connectivity index (χ3n) is 1.91. The summed E-state index contributed by atoms with van der Waals surface area (Å²) in [6.07, 6.45) is -4.40. The van der Waals surface area contributed by atoms with Crippen LogP contribution in [0.5, 0.6) is 5.75 Å². The fourth-order valence-electron chi connectivity index (χ4n) is 1.17. The van der Waals surface area contributed by atoms with Crippen molar-refractivity contribution >= 4 is 5.97 Å². The number of carboxylic acid groups (broad SMARTS) is 1. The number of ether oxygens (including phenoxy) is 1. The van der Waals surface area contributed by atoms with Crippen LogP contribution in [0, 0.1) is 0 Å². The number of hydrogen-bond acceptors (Lipinski definition) is 2. The third kappa shape index (κ3) is 3.15. The zero-order chi connectivity index (χ0) is 12.3. The highest BCUT2D eigenvalue weighted by atomic mass is 19.4. The zero-order valence-electron chi connectivity index (χ0n) is 8.34. The number of aromatic carboxylic acids is 1. The quantitative estimate of drug-likeness (QED) is 0.874. The minimum Gasteiger partial charge on any atom is -0.478 e. The van der Waals surface area contributed by atoms with Gasteiger partial charge in [0, 0.05) is 0 Å². The molecule has 1 rings (SSSR count). The number of carboxylic acids is 1. The van der Waals surface area contributed by atoms with Crippen molar-refractivity contribution in [3.8, 4) is 5.75 Å². The van der Waals surface area contributed by atoms with Crippen molar-refractivity contribution in [2.75, 3.05) is 0 Å². The number of alkyl halides is 3. The molecule has 0 aliphatic carbocycles. The molecule has 0 spiro atoms. The molecule has 0 aliphatic heterocycles. The molecule has 3 nitrogen and oxygen atoms in total. The van der Waals surface area contributed by atoms with Gasteiger partial charge >= 0.3 is 12.3 Å². The van der Waals surface area contributed by atoms with Crippen LogP contribution in [-0.4, -0.2) is 17.4 Å². The summed E-state index contributed by atoms with van der Waals surface area (Å²) in [5.74, 6) is -2.14. The smallest absolute Gasteiger partial charge is 0.478 e. The summed E-state index contributed by atoms with van der Waals surface area (Å²) in [5, 5.41) is 8.68. The Morgan fingerprint density at radius 2 is 2.06 bits per heavy atom. The van der Waals surface area contributed by atoms with Crippen molar-refractivity contribution in [2.45, 2.75) is 19.7 Å². The van der Waals surface area contributed by atoms with E-state index in [1.807, 2.05) is 0 Å². The lowest BCUT2D eigenvalue weighted by Crippen LogP contribution is -2.19. The first-order valence-electron chi connectivity index (χ1n) is 4.45. The molecule has 6 heteroatoms. The number of rotatable bonds is 3. The normalized spacial score (nSPS) is 11.2. The Balaban J connectivity index is 3.15. The predicted octanol–water partition coefficient (Wildman–Crippen LogP) is 2.85. The van der Waals surface area contributed by atoms with Crippen LogP contribution in [0.15, 0.2) is 18.2 Å². The molecular formula is C10H9F3O3. The van der Waals surface area contributed by atoms with Crippen molar-refractivity contribution in [1.82, 2.24) is 0 Å². The maximum Gasteiger partial charge on any atom is 0.573 e. The van der Waals surface area contributed by atoms with Gasteiger partial charge in [0.25, 0.3) is 0 Å². The van der Waals surface area contributed by atoms with Gasteiger partial charge in [0.2, 0.25) is 0 Å². The van der Waals surface area contributed by atoms with E-state index in [9.17, 15) is 18.0 Å². The first kappa shape index (κ1) is 12.4. The van der Waals surface area contributed by atoms with Gasteiger partial charge in [0.05, 0.1) is 0 Å². The summed E-state index contributed by atoms with van der Waals surface area (Å²) in [4.78, 5) is 10.7. The van der Waals surface area contributed by atoms with E-state index >= 15 is 0 Å². The first-order chi connectivity index (χ1) is 7.33. The molecule has 1 N–H and O–H groups in total. The van der Waals surface area contributed by atoms with E-state index in [2.05, 4.69) is 4.74 Å². The zero-order valence-corrected chi connectivity index (χ0v) is 8.34. The van der Waals surface area contributed by atoms with Crippen molar-refractivity contribution < 1.29 is 27.8 Å². The molecule has 1 aromatic carbocycles. The van der Waals surface area contributed by atoms with Crippen molar-refractivity contribution in [2.24, 2.45) is 0 Å². The molecule has 0 heterocycles. The molecular weight excluding hydrogens is 225 g/mol. The van der Waals surface area contributed by atoms with Gasteiger partial charge in [-0.05, 0) is 24.1 Å². The van der Waals surface area contributed by atoms with Crippen LogP contribution in [-0.2, 0) is 6.42 Å². The summed E-state index contributed by atoms with van der Waals surface area (Å²) in [6.45, 7) is 1.74. The second-order valence-electron chi connectivity index (χ2n) is 3.04. The molecule has 0 bridgehead atoms. The molecule has 0 fully saturated rings. The summed E-state index contributed by atoms with van der Waals surface area (Å²) in [5.41, 5.74) is 0.0683. The number of halogens is 3. The van der Waals surface area contributed by atoms with Gasteiger partial charge in [-0.3, -0.25) is 0 Å². The van der Waals surface area contributed by atoms with Crippen LogP contribution in [0.3, 0.4) is 0 Å². The molecule has 0 saturated heterocycles. The van der Waals surface area contributed by atoms with E-state index in [0.717, 1.165) is 12.1 Å². The van der Waals surface area contributed by atoms with Gasteiger partial charge in [-0.2, -0.15) is 0 Å². The Labute approximate surface area is 89.5 Å². The van der Waals surface area contributed by atoms with Gasteiger partial charge in [-0.1, -0.05) is 13.0 Å². The highest BCUT2D eigenvalue weighted by molar-refractivity contribution is 5.91. The molecule has 1 aromatic rings. The van der Waals surface area contributed by atoms with E-state index < -0.39 is 23.6 Å².